The molecule has 0 saturated carbocycles. The van der Waals surface area contributed by atoms with Crippen molar-refractivity contribution in [2.45, 2.75) is 6.10 Å². The van der Waals surface area contributed by atoms with Crippen molar-refractivity contribution in [3.8, 4) is 5.69 Å². The summed E-state index contributed by atoms with van der Waals surface area (Å²) < 4.78 is 20.3. The van der Waals surface area contributed by atoms with Gasteiger partial charge in [0.1, 0.15) is 22.8 Å². The summed E-state index contributed by atoms with van der Waals surface area (Å²) in [5, 5.41) is 11.6. The zero-order chi connectivity index (χ0) is 25.1. The average molecular weight is 507 g/mol. The molecule has 2 amide bonds. The molecule has 1 aliphatic rings. The number of cyclic esters (lactones) is 1. The van der Waals surface area contributed by atoms with Gasteiger partial charge in [0.05, 0.1) is 18.8 Å². The molecule has 1 saturated heterocycles. The van der Waals surface area contributed by atoms with Gasteiger partial charge in [0.15, 0.2) is 10.9 Å². The molecule has 182 valence electrons. The van der Waals surface area contributed by atoms with E-state index >= 15 is 0 Å². The molecule has 3 N–H and O–H groups in total. The van der Waals surface area contributed by atoms with Gasteiger partial charge < -0.3 is 10.1 Å². The number of thiocarbonyl (C=S) groups is 1. The highest BCUT2D eigenvalue weighted by Gasteiger charge is 2.33. The summed E-state index contributed by atoms with van der Waals surface area (Å²) in [6.45, 7) is 0.365. The van der Waals surface area contributed by atoms with Crippen LogP contribution in [0.4, 0.5) is 14.9 Å². The SMILES string of the molecule is O=C(NNC(=S)NC[C@H]1CN(c2ccc(-n3nc4ccccc4n3)c(F)c2)C(=O)O1)c1ccncc1. The summed E-state index contributed by atoms with van der Waals surface area (Å²) in [6.07, 6.45) is 1.85. The zero-order valence-electron chi connectivity index (χ0n) is 18.6. The molecule has 1 fully saturated rings. The minimum Gasteiger partial charge on any atom is -0.442 e. The number of amides is 2. The molecule has 0 radical (unpaired) electrons. The van der Waals surface area contributed by atoms with Crippen LogP contribution in [0.5, 0.6) is 0 Å². The third-order valence-corrected chi connectivity index (χ3v) is 5.59. The number of anilines is 1. The molecule has 1 atom stereocenters. The topological polar surface area (TPSA) is 126 Å². The lowest BCUT2D eigenvalue weighted by molar-refractivity contribution is 0.0943. The molecule has 0 unspecified atom stereocenters. The van der Waals surface area contributed by atoms with Gasteiger partial charge >= 0.3 is 6.09 Å². The maximum absolute atomic E-state index is 14.9. The van der Waals surface area contributed by atoms with Gasteiger partial charge in [-0.3, -0.25) is 25.5 Å². The molecule has 5 rings (SSSR count). The lowest BCUT2D eigenvalue weighted by Gasteiger charge is -2.15. The molecule has 0 aliphatic carbocycles. The second-order valence-electron chi connectivity index (χ2n) is 7.76. The largest absolute Gasteiger partial charge is 0.442 e. The summed E-state index contributed by atoms with van der Waals surface area (Å²) in [7, 11) is 0. The standard InChI is InChI=1S/C23H19FN8O3S/c24-17-11-15(5-6-20(17)32-29-18-3-1-2-4-19(18)30-32)31-13-16(35-23(31)34)12-26-22(36)28-27-21(33)14-7-9-25-10-8-14/h1-11,16H,12-13H2,(H,27,33)(H2,26,28,36)/t16-/m0/s1. The Balaban J connectivity index is 1.16. The first-order valence-corrected chi connectivity index (χ1v) is 11.2. The van der Waals surface area contributed by atoms with Crippen molar-refractivity contribution >= 4 is 46.1 Å². The fourth-order valence-corrected chi connectivity index (χ4v) is 3.71. The highest BCUT2D eigenvalue weighted by atomic mass is 32.1. The van der Waals surface area contributed by atoms with E-state index < -0.39 is 18.0 Å². The second kappa shape index (κ2) is 9.92. The number of halogens is 1. The molecule has 1 aliphatic heterocycles. The van der Waals surface area contributed by atoms with Crippen LogP contribution < -0.4 is 21.1 Å². The lowest BCUT2D eigenvalue weighted by atomic mass is 10.2. The Morgan fingerprint density at radius 3 is 2.50 bits per heavy atom. The highest BCUT2D eigenvalue weighted by molar-refractivity contribution is 7.80. The number of pyridine rings is 1. The van der Waals surface area contributed by atoms with Gasteiger partial charge in [-0.15, -0.1) is 15.0 Å². The number of rotatable bonds is 5. The number of nitrogens with one attached hydrogen (secondary N) is 3. The summed E-state index contributed by atoms with van der Waals surface area (Å²) in [6, 6.07) is 14.7. The van der Waals surface area contributed by atoms with Gasteiger partial charge in [0, 0.05) is 24.0 Å². The highest BCUT2D eigenvalue weighted by Crippen LogP contribution is 2.25. The predicted molar refractivity (Wildman–Crippen MR) is 132 cm³/mol. The number of aromatic nitrogens is 4. The van der Waals surface area contributed by atoms with Gasteiger partial charge in [-0.25, -0.2) is 9.18 Å². The van der Waals surface area contributed by atoms with Crippen molar-refractivity contribution in [3.63, 3.8) is 0 Å². The molecule has 4 aromatic rings. The molecule has 3 heterocycles. The van der Waals surface area contributed by atoms with E-state index in [9.17, 15) is 14.0 Å². The van der Waals surface area contributed by atoms with E-state index in [0.717, 1.165) is 0 Å². The van der Waals surface area contributed by atoms with Crippen LogP contribution in [0.15, 0.2) is 67.0 Å². The van der Waals surface area contributed by atoms with Gasteiger partial charge in [0.2, 0.25) is 0 Å². The summed E-state index contributed by atoms with van der Waals surface area (Å²) >= 11 is 5.14. The molecule has 2 aromatic carbocycles. The van der Waals surface area contributed by atoms with E-state index in [1.807, 2.05) is 12.1 Å². The van der Waals surface area contributed by atoms with Crippen LogP contribution in [-0.4, -0.2) is 56.3 Å². The average Bonchev–Trinajstić information content (AvgIpc) is 3.49. The smallest absolute Gasteiger partial charge is 0.414 e. The maximum Gasteiger partial charge on any atom is 0.414 e. The van der Waals surface area contributed by atoms with Crippen LogP contribution in [0.25, 0.3) is 16.7 Å². The Labute approximate surface area is 209 Å². The van der Waals surface area contributed by atoms with E-state index in [1.165, 1.54) is 34.2 Å². The Bertz CT molecular complexity index is 1410. The van der Waals surface area contributed by atoms with Crippen LogP contribution in [0.3, 0.4) is 0 Å². The van der Waals surface area contributed by atoms with Gasteiger partial charge in [-0.05, 0) is 48.6 Å². The first kappa shape index (κ1) is 23.1. The van der Waals surface area contributed by atoms with Gasteiger partial charge in [-0.2, -0.15) is 0 Å². The van der Waals surface area contributed by atoms with Gasteiger partial charge in [0.25, 0.3) is 5.91 Å². The Morgan fingerprint density at radius 2 is 1.81 bits per heavy atom. The number of fused-ring (bicyclic) bond motifs is 1. The van der Waals surface area contributed by atoms with Crippen LogP contribution in [-0.2, 0) is 4.74 Å². The minimum atomic E-state index is -0.609. The molecular weight excluding hydrogens is 487 g/mol. The van der Waals surface area contributed by atoms with E-state index in [2.05, 4.69) is 31.3 Å². The van der Waals surface area contributed by atoms with Crippen LogP contribution in [0.2, 0.25) is 0 Å². The van der Waals surface area contributed by atoms with E-state index in [0.29, 0.717) is 22.3 Å². The zero-order valence-corrected chi connectivity index (χ0v) is 19.4. The van der Waals surface area contributed by atoms with E-state index in [4.69, 9.17) is 17.0 Å². The third-order valence-electron chi connectivity index (χ3n) is 5.34. The molecule has 0 bridgehead atoms. The quantitative estimate of drug-likeness (QED) is 0.276. The fraction of sp³-hybridized carbons (Fsp3) is 0.130. The van der Waals surface area contributed by atoms with Gasteiger partial charge in [-0.1, -0.05) is 12.1 Å². The number of carbonyl (C=O) groups excluding carboxylic acids is 2. The molecular formula is C23H19FN8O3S. The van der Waals surface area contributed by atoms with Crippen molar-refractivity contribution in [1.29, 1.82) is 0 Å². The molecule has 2 aromatic heterocycles. The van der Waals surface area contributed by atoms with Crippen LogP contribution in [0, 0.1) is 5.82 Å². The Morgan fingerprint density at radius 1 is 1.08 bits per heavy atom. The fourth-order valence-electron chi connectivity index (χ4n) is 3.57. The summed E-state index contributed by atoms with van der Waals surface area (Å²) in [5.41, 5.74) is 7.23. The molecule has 0 spiro atoms. The number of ether oxygens (including phenoxy) is 1. The maximum atomic E-state index is 14.9. The normalized spacial score (nSPS) is 15.0. The first-order valence-electron chi connectivity index (χ1n) is 10.8. The van der Waals surface area contributed by atoms with Crippen LogP contribution in [0.1, 0.15) is 10.4 Å². The number of hydrazine groups is 1. The van der Waals surface area contributed by atoms with Crippen molar-refractivity contribution < 1.29 is 18.7 Å². The number of benzene rings is 2. The predicted octanol–water partition coefficient (Wildman–Crippen LogP) is 2.09. The van der Waals surface area contributed by atoms with Crippen molar-refractivity contribution in [1.82, 2.24) is 36.1 Å². The monoisotopic (exact) mass is 506 g/mol. The minimum absolute atomic E-state index is 0.140. The first-order chi connectivity index (χ1) is 17.5. The van der Waals surface area contributed by atoms with Crippen LogP contribution >= 0.6 is 12.2 Å². The lowest BCUT2D eigenvalue weighted by Crippen LogP contribution is -2.48. The molecule has 13 heteroatoms. The molecule has 11 nitrogen and oxygen atoms in total. The van der Waals surface area contributed by atoms with E-state index in [-0.39, 0.29) is 29.8 Å². The second-order valence-corrected chi connectivity index (χ2v) is 8.16. The number of hydrogen-bond acceptors (Lipinski definition) is 7. The Kier molecular flexibility index (Phi) is 6.36. The summed E-state index contributed by atoms with van der Waals surface area (Å²) in [5.74, 6) is -0.971. The van der Waals surface area contributed by atoms with Crippen molar-refractivity contribution in [3.05, 3.63) is 78.4 Å². The Hall–Kier alpha value is -4.65. The summed E-state index contributed by atoms with van der Waals surface area (Å²) in [4.78, 5) is 30.8. The number of carbonyl (C=O) groups is 2. The third kappa shape index (κ3) is 4.90. The van der Waals surface area contributed by atoms with E-state index in [1.54, 1.807) is 30.3 Å². The number of nitrogens with zero attached hydrogens (tertiary/aromatic N) is 5. The molecule has 36 heavy (non-hydrogen) atoms. The van der Waals surface area contributed by atoms with Crippen molar-refractivity contribution in [2.24, 2.45) is 0 Å². The number of hydrogen-bond donors (Lipinski definition) is 3. The van der Waals surface area contributed by atoms with Crippen molar-refractivity contribution in [2.75, 3.05) is 18.0 Å².